The second-order valence-electron chi connectivity index (χ2n) is 9.58. The monoisotopic (exact) mass is 391 g/mol. The van der Waals surface area contributed by atoms with Gasteiger partial charge in [0.2, 0.25) is 0 Å². The number of amides is 1. The van der Waals surface area contributed by atoms with Crippen LogP contribution in [-0.4, -0.2) is 22.5 Å². The van der Waals surface area contributed by atoms with Gasteiger partial charge in [0.15, 0.2) is 6.17 Å². The van der Waals surface area contributed by atoms with Crippen molar-refractivity contribution in [3.05, 3.63) is 65.8 Å². The summed E-state index contributed by atoms with van der Waals surface area (Å²) in [5.41, 5.74) is 1.97. The van der Waals surface area contributed by atoms with Gasteiger partial charge in [-0.15, -0.1) is 0 Å². The van der Waals surface area contributed by atoms with Gasteiger partial charge in [0, 0.05) is 17.3 Å². The molecule has 4 bridgehead atoms. The van der Waals surface area contributed by atoms with Crippen molar-refractivity contribution in [2.24, 2.45) is 17.8 Å². The molecule has 1 aromatic carbocycles. The van der Waals surface area contributed by atoms with Crippen LogP contribution >= 0.6 is 0 Å². The fourth-order valence-corrected chi connectivity index (χ4v) is 6.84. The smallest absolute Gasteiger partial charge is 0.264 e. The quantitative estimate of drug-likeness (QED) is 0.822. The highest BCUT2D eigenvalue weighted by atomic mass is 19.1. The molecule has 4 aliphatic carbocycles. The van der Waals surface area contributed by atoms with Crippen LogP contribution in [0.4, 0.5) is 4.39 Å². The van der Waals surface area contributed by atoms with Crippen molar-refractivity contribution in [2.45, 2.75) is 50.2 Å². The van der Waals surface area contributed by atoms with Gasteiger partial charge in [-0.25, -0.2) is 4.39 Å². The van der Waals surface area contributed by atoms with E-state index in [1.54, 1.807) is 12.1 Å². The minimum absolute atomic E-state index is 0.00395. The summed E-state index contributed by atoms with van der Waals surface area (Å²) >= 11 is 0. The van der Waals surface area contributed by atoms with Crippen molar-refractivity contribution in [1.82, 2.24) is 15.5 Å². The van der Waals surface area contributed by atoms with Gasteiger partial charge in [0.25, 0.3) is 5.91 Å². The molecule has 1 atom stereocenters. The average Bonchev–Trinajstić information content (AvgIpc) is 3.07. The Morgan fingerprint density at radius 1 is 1.07 bits per heavy atom. The third-order valence-corrected chi connectivity index (χ3v) is 7.52. The third kappa shape index (κ3) is 2.74. The maximum absolute atomic E-state index is 14.5. The molecule has 2 heterocycles. The van der Waals surface area contributed by atoms with E-state index in [9.17, 15) is 9.18 Å². The van der Waals surface area contributed by atoms with Crippen LogP contribution < -0.4 is 10.6 Å². The first-order chi connectivity index (χ1) is 14.1. The minimum atomic E-state index is -0.547. The van der Waals surface area contributed by atoms with Crippen LogP contribution in [0.25, 0.3) is 5.70 Å². The lowest BCUT2D eigenvalue weighted by Crippen LogP contribution is -2.63. The molecule has 4 nitrogen and oxygen atoms in total. The first-order valence-electron chi connectivity index (χ1n) is 10.8. The lowest BCUT2D eigenvalue weighted by atomic mass is 9.53. The molecule has 0 radical (unpaired) electrons. The van der Waals surface area contributed by atoms with E-state index in [1.165, 1.54) is 25.3 Å². The molecule has 0 saturated heterocycles. The van der Waals surface area contributed by atoms with Crippen LogP contribution in [0.3, 0.4) is 0 Å². The van der Waals surface area contributed by atoms with Crippen LogP contribution in [-0.2, 0) is 4.79 Å². The summed E-state index contributed by atoms with van der Waals surface area (Å²) in [5.74, 6) is 2.04. The van der Waals surface area contributed by atoms with E-state index < -0.39 is 6.17 Å². The Morgan fingerprint density at radius 2 is 1.76 bits per heavy atom. The summed E-state index contributed by atoms with van der Waals surface area (Å²) in [4.78, 5) is 15.4. The van der Waals surface area contributed by atoms with Crippen LogP contribution in [0.1, 0.15) is 44.1 Å². The number of carbonyl (C=O) groups is 1. The number of benzene rings is 1. The highest BCUT2D eigenvalue weighted by molar-refractivity contribution is 5.88. The van der Waals surface area contributed by atoms with E-state index in [0.29, 0.717) is 11.3 Å². The summed E-state index contributed by atoms with van der Waals surface area (Å²) in [6.45, 7) is 0. The topological polar surface area (TPSA) is 44.4 Å². The Labute approximate surface area is 170 Å². The van der Waals surface area contributed by atoms with Gasteiger partial charge in [-0.2, -0.15) is 0 Å². The summed E-state index contributed by atoms with van der Waals surface area (Å²) in [7, 11) is 0. The van der Waals surface area contributed by atoms with Crippen molar-refractivity contribution in [3.63, 3.8) is 0 Å². The predicted molar refractivity (Wildman–Crippen MR) is 109 cm³/mol. The van der Waals surface area contributed by atoms with E-state index in [-0.39, 0.29) is 17.3 Å². The molecule has 1 amide bonds. The minimum Gasteiger partial charge on any atom is -0.355 e. The zero-order chi connectivity index (χ0) is 19.6. The van der Waals surface area contributed by atoms with Crippen LogP contribution in [0.5, 0.6) is 0 Å². The maximum atomic E-state index is 14.5. The standard InChI is InChI=1S/C24H26FN3O/c25-19-6-2-1-5-18(19)21-20-7-3-4-8-28(20)22(26-21)23(29)27-24-12-15-9-16(13-24)11-17(10-15)14-24/h1-8,15-17,22,26H,9-14H2,(H,27,29). The molecule has 2 aliphatic heterocycles. The molecule has 29 heavy (non-hydrogen) atoms. The number of hydrogen-bond donors (Lipinski definition) is 2. The van der Waals surface area contributed by atoms with Gasteiger partial charge >= 0.3 is 0 Å². The lowest BCUT2D eigenvalue weighted by molar-refractivity contribution is -0.131. The van der Waals surface area contributed by atoms with Gasteiger partial charge in [-0.05, 0) is 80.6 Å². The molecular formula is C24H26FN3O. The predicted octanol–water partition coefficient (Wildman–Crippen LogP) is 3.89. The summed E-state index contributed by atoms with van der Waals surface area (Å²) in [6.07, 6.45) is 14.5. The summed E-state index contributed by atoms with van der Waals surface area (Å²) in [5, 5.41) is 6.79. The molecule has 4 fully saturated rings. The van der Waals surface area contributed by atoms with Crippen molar-refractivity contribution in [1.29, 1.82) is 0 Å². The van der Waals surface area contributed by atoms with Crippen molar-refractivity contribution < 1.29 is 9.18 Å². The van der Waals surface area contributed by atoms with E-state index in [2.05, 4.69) is 10.6 Å². The third-order valence-electron chi connectivity index (χ3n) is 7.52. The molecule has 2 N–H and O–H groups in total. The maximum Gasteiger partial charge on any atom is 0.264 e. The Kier molecular flexibility index (Phi) is 3.71. The Hall–Kier alpha value is -2.56. The fraction of sp³-hybridized carbons (Fsp3) is 0.458. The van der Waals surface area contributed by atoms with Crippen LogP contribution in [0.2, 0.25) is 0 Å². The zero-order valence-electron chi connectivity index (χ0n) is 16.4. The highest BCUT2D eigenvalue weighted by Gasteiger charge is 2.52. The van der Waals surface area contributed by atoms with Crippen LogP contribution in [0.15, 0.2) is 54.4 Å². The molecule has 150 valence electrons. The first kappa shape index (κ1) is 17.3. The number of nitrogens with one attached hydrogen (secondary N) is 2. The number of allylic oxidation sites excluding steroid dienone is 3. The molecule has 7 rings (SSSR count). The normalized spacial score (nSPS) is 36.4. The van der Waals surface area contributed by atoms with Gasteiger partial charge in [0.05, 0.1) is 11.4 Å². The highest BCUT2D eigenvalue weighted by Crippen LogP contribution is 2.55. The van der Waals surface area contributed by atoms with E-state index >= 15 is 0 Å². The molecule has 5 heteroatoms. The summed E-state index contributed by atoms with van der Waals surface area (Å²) < 4.78 is 14.5. The fourth-order valence-electron chi connectivity index (χ4n) is 6.84. The average molecular weight is 391 g/mol. The molecule has 6 aliphatic rings. The van der Waals surface area contributed by atoms with E-state index in [0.717, 1.165) is 42.7 Å². The molecule has 1 unspecified atom stereocenters. The molecule has 0 aromatic heterocycles. The Balaban J connectivity index is 1.28. The van der Waals surface area contributed by atoms with E-state index in [1.807, 2.05) is 35.4 Å². The second-order valence-corrected chi connectivity index (χ2v) is 9.58. The van der Waals surface area contributed by atoms with Gasteiger partial charge in [-0.3, -0.25) is 4.79 Å². The second kappa shape index (κ2) is 6.22. The Morgan fingerprint density at radius 3 is 2.45 bits per heavy atom. The number of fused-ring (bicyclic) bond motifs is 1. The number of halogens is 1. The zero-order valence-corrected chi connectivity index (χ0v) is 16.4. The van der Waals surface area contributed by atoms with Gasteiger partial charge in [-0.1, -0.05) is 18.2 Å². The molecular weight excluding hydrogens is 365 g/mol. The number of rotatable bonds is 3. The lowest BCUT2D eigenvalue weighted by Gasteiger charge is -2.57. The Bertz CT molecular complexity index is 927. The van der Waals surface area contributed by atoms with Gasteiger partial charge < -0.3 is 15.5 Å². The van der Waals surface area contributed by atoms with Crippen molar-refractivity contribution >= 4 is 11.6 Å². The molecule has 0 spiro atoms. The van der Waals surface area contributed by atoms with E-state index in [4.69, 9.17) is 0 Å². The first-order valence-corrected chi connectivity index (χ1v) is 10.8. The largest absolute Gasteiger partial charge is 0.355 e. The molecule has 4 saturated carbocycles. The van der Waals surface area contributed by atoms with Crippen molar-refractivity contribution in [3.8, 4) is 0 Å². The van der Waals surface area contributed by atoms with Crippen molar-refractivity contribution in [2.75, 3.05) is 0 Å². The van der Waals surface area contributed by atoms with Gasteiger partial charge in [0.1, 0.15) is 5.82 Å². The number of nitrogens with zero attached hydrogens (tertiary/aromatic N) is 1. The SMILES string of the molecule is O=C(NC12CC3CC(CC(C3)C1)C2)C1NC(c2ccccc2F)=C2C=CC=CN21. The molecule has 1 aromatic rings. The summed E-state index contributed by atoms with van der Waals surface area (Å²) in [6, 6.07) is 6.72. The number of hydrogen-bond acceptors (Lipinski definition) is 3. The number of carbonyl (C=O) groups excluding carboxylic acids is 1. The van der Waals surface area contributed by atoms with Crippen LogP contribution in [0, 0.1) is 23.6 Å².